The highest BCUT2D eigenvalue weighted by Crippen LogP contribution is 2.15. The van der Waals surface area contributed by atoms with Crippen molar-refractivity contribution in [3.05, 3.63) is 62.4 Å². The van der Waals surface area contributed by atoms with Gasteiger partial charge in [-0.2, -0.15) is 5.10 Å². The number of aromatic amines is 2. The van der Waals surface area contributed by atoms with Crippen LogP contribution in [0.3, 0.4) is 0 Å². The predicted octanol–water partition coefficient (Wildman–Crippen LogP) is 0.0674. The van der Waals surface area contributed by atoms with Gasteiger partial charge in [0.1, 0.15) is 0 Å². The Hall–Kier alpha value is -3.20. The number of rotatable bonds is 5. The molecule has 25 heavy (non-hydrogen) atoms. The molecule has 0 spiro atoms. The second-order valence-electron chi connectivity index (χ2n) is 5.53. The molecule has 0 saturated carbocycles. The zero-order valence-electron chi connectivity index (χ0n) is 13.7. The fourth-order valence-corrected chi connectivity index (χ4v) is 2.59. The molecule has 1 amide bonds. The molecule has 3 aromatic rings. The van der Waals surface area contributed by atoms with E-state index in [-0.39, 0.29) is 18.6 Å². The number of H-pyrrole nitrogens is 2. The summed E-state index contributed by atoms with van der Waals surface area (Å²) in [4.78, 5) is 40.2. The predicted molar refractivity (Wildman–Crippen MR) is 90.5 cm³/mol. The maximum absolute atomic E-state index is 12.6. The van der Waals surface area contributed by atoms with Crippen LogP contribution in [0.5, 0.6) is 0 Å². The number of benzene rings is 1. The summed E-state index contributed by atoms with van der Waals surface area (Å²) in [5, 5.41) is 6.97. The van der Waals surface area contributed by atoms with Crippen LogP contribution in [0.4, 0.5) is 0 Å². The summed E-state index contributed by atoms with van der Waals surface area (Å²) in [6.45, 7) is 0.281. The first-order valence-electron chi connectivity index (χ1n) is 7.53. The molecule has 0 radical (unpaired) electrons. The number of carbonyl (C=O) groups is 1. The van der Waals surface area contributed by atoms with Gasteiger partial charge in [-0.25, -0.2) is 0 Å². The first kappa shape index (κ1) is 16.7. The molecule has 0 aliphatic heterocycles. The van der Waals surface area contributed by atoms with E-state index in [1.54, 1.807) is 43.2 Å². The Kier molecular flexibility index (Phi) is 4.48. The molecule has 1 atom stereocenters. The van der Waals surface area contributed by atoms with Gasteiger partial charge in [-0.1, -0.05) is 0 Å². The van der Waals surface area contributed by atoms with Crippen molar-refractivity contribution in [1.29, 1.82) is 0 Å². The third-order valence-electron chi connectivity index (χ3n) is 3.84. The van der Waals surface area contributed by atoms with Crippen LogP contribution in [0.2, 0.25) is 0 Å². The molecule has 0 fully saturated rings. The Balaban J connectivity index is 1.90. The molecule has 3 N–H and O–H groups in total. The van der Waals surface area contributed by atoms with E-state index in [2.05, 4.69) is 20.4 Å². The topological polar surface area (TPSA) is 122 Å². The van der Waals surface area contributed by atoms with Crippen LogP contribution < -0.4 is 16.4 Å². The minimum atomic E-state index is -0.766. The molecule has 3 rings (SSSR count). The summed E-state index contributed by atoms with van der Waals surface area (Å²) in [5.41, 5.74) is 0.466. The molecule has 9 nitrogen and oxygen atoms in total. The molecular formula is C16H17N5O4. The van der Waals surface area contributed by atoms with Crippen molar-refractivity contribution in [2.45, 2.75) is 6.04 Å². The molecule has 0 bridgehead atoms. The van der Waals surface area contributed by atoms with E-state index in [0.717, 1.165) is 5.69 Å². The maximum atomic E-state index is 12.6. The number of methoxy groups -OCH3 is 1. The zero-order chi connectivity index (χ0) is 18.0. The Morgan fingerprint density at radius 2 is 1.96 bits per heavy atom. The molecule has 130 valence electrons. The summed E-state index contributed by atoms with van der Waals surface area (Å²) in [5.74, 6) is -0.336. The van der Waals surface area contributed by atoms with E-state index in [4.69, 9.17) is 4.74 Å². The highest BCUT2D eigenvalue weighted by Gasteiger charge is 2.19. The van der Waals surface area contributed by atoms with Crippen LogP contribution in [-0.4, -0.2) is 39.4 Å². The number of hydrogen-bond donors (Lipinski definition) is 3. The van der Waals surface area contributed by atoms with Crippen LogP contribution in [0.25, 0.3) is 11.0 Å². The van der Waals surface area contributed by atoms with Crippen LogP contribution in [0.15, 0.2) is 40.1 Å². The Labute approximate surface area is 141 Å². The molecular weight excluding hydrogens is 326 g/mol. The number of ether oxygens (including phenoxy) is 1. The largest absolute Gasteiger partial charge is 0.382 e. The van der Waals surface area contributed by atoms with Crippen molar-refractivity contribution in [2.24, 2.45) is 7.05 Å². The average Bonchev–Trinajstić information content (AvgIpc) is 3.01. The third-order valence-corrected chi connectivity index (χ3v) is 3.84. The van der Waals surface area contributed by atoms with Crippen LogP contribution in [-0.2, 0) is 11.8 Å². The molecule has 0 aliphatic rings. The number of amides is 1. The van der Waals surface area contributed by atoms with Gasteiger partial charge < -0.3 is 20.0 Å². The van der Waals surface area contributed by atoms with E-state index >= 15 is 0 Å². The second-order valence-corrected chi connectivity index (χ2v) is 5.53. The first-order valence-corrected chi connectivity index (χ1v) is 7.53. The number of nitrogens with zero attached hydrogens (tertiary/aromatic N) is 2. The molecule has 2 heterocycles. The van der Waals surface area contributed by atoms with E-state index < -0.39 is 11.1 Å². The van der Waals surface area contributed by atoms with Gasteiger partial charge in [-0.3, -0.25) is 19.1 Å². The Morgan fingerprint density at radius 1 is 1.24 bits per heavy atom. The van der Waals surface area contributed by atoms with Gasteiger partial charge in [-0.05, 0) is 24.3 Å². The Morgan fingerprint density at radius 3 is 2.60 bits per heavy atom. The molecule has 1 aromatic carbocycles. The lowest BCUT2D eigenvalue weighted by molar-refractivity contribution is 0.0892. The van der Waals surface area contributed by atoms with Gasteiger partial charge in [0, 0.05) is 25.9 Å². The van der Waals surface area contributed by atoms with Crippen molar-refractivity contribution in [2.75, 3.05) is 13.7 Å². The molecule has 9 heteroatoms. The van der Waals surface area contributed by atoms with E-state index in [1.807, 2.05) is 0 Å². The summed E-state index contributed by atoms with van der Waals surface area (Å²) >= 11 is 0. The first-order chi connectivity index (χ1) is 12.0. The van der Waals surface area contributed by atoms with Crippen molar-refractivity contribution in [1.82, 2.24) is 25.1 Å². The van der Waals surface area contributed by atoms with Crippen molar-refractivity contribution < 1.29 is 9.53 Å². The van der Waals surface area contributed by atoms with Crippen molar-refractivity contribution in [3.63, 3.8) is 0 Å². The van der Waals surface area contributed by atoms with Crippen LogP contribution >= 0.6 is 0 Å². The number of fused-ring (bicyclic) bond motifs is 1. The summed E-state index contributed by atoms with van der Waals surface area (Å²) in [7, 11) is 3.33. The van der Waals surface area contributed by atoms with Crippen LogP contribution in [0.1, 0.15) is 22.1 Å². The fourth-order valence-electron chi connectivity index (χ4n) is 2.59. The quantitative estimate of drug-likeness (QED) is 0.566. The zero-order valence-corrected chi connectivity index (χ0v) is 13.7. The molecule has 0 saturated heterocycles. The number of aryl methyl sites for hydroxylation is 1. The van der Waals surface area contributed by atoms with Crippen molar-refractivity contribution in [3.8, 4) is 0 Å². The third kappa shape index (κ3) is 3.36. The average molecular weight is 343 g/mol. The van der Waals surface area contributed by atoms with Gasteiger partial charge in [-0.15, -0.1) is 0 Å². The lowest BCUT2D eigenvalue weighted by Crippen LogP contribution is -2.33. The van der Waals surface area contributed by atoms with Gasteiger partial charge in [0.15, 0.2) is 0 Å². The Bertz CT molecular complexity index is 1030. The normalized spacial score (nSPS) is 12.2. The van der Waals surface area contributed by atoms with Gasteiger partial charge in [0.25, 0.3) is 5.91 Å². The second kappa shape index (κ2) is 6.73. The van der Waals surface area contributed by atoms with Gasteiger partial charge >= 0.3 is 11.1 Å². The van der Waals surface area contributed by atoms with Crippen molar-refractivity contribution >= 4 is 16.9 Å². The highest BCUT2D eigenvalue weighted by molar-refractivity contribution is 5.97. The lowest BCUT2D eigenvalue weighted by atomic mass is 10.1. The number of nitrogens with one attached hydrogen (secondary N) is 3. The lowest BCUT2D eigenvalue weighted by Gasteiger charge is -2.18. The highest BCUT2D eigenvalue weighted by atomic mass is 16.5. The minimum Gasteiger partial charge on any atom is -0.382 e. The smallest absolute Gasteiger partial charge is 0.314 e. The molecule has 0 aliphatic carbocycles. The van der Waals surface area contributed by atoms with E-state index in [0.29, 0.717) is 16.6 Å². The summed E-state index contributed by atoms with van der Waals surface area (Å²) in [6.07, 6.45) is 1.64. The van der Waals surface area contributed by atoms with E-state index in [1.165, 1.54) is 6.07 Å². The monoisotopic (exact) mass is 343 g/mol. The van der Waals surface area contributed by atoms with Gasteiger partial charge in [0.2, 0.25) is 0 Å². The maximum Gasteiger partial charge on any atom is 0.314 e. The summed E-state index contributed by atoms with van der Waals surface area (Å²) in [6, 6.07) is 6.06. The number of aromatic nitrogens is 4. The number of carbonyl (C=O) groups excluding carboxylic acids is 1. The minimum absolute atomic E-state index is 0.281. The standard InChI is InChI=1S/C16H17N5O4/c1-21-13(5-6-17-21)12(8-25-2)20-14(22)9-3-4-10-11(7-9)19-16(24)15(23)18-10/h3-7,12H,8H2,1-2H3,(H,18,23)(H,19,24)(H,20,22)/t12-/m0/s1. The van der Waals surface area contributed by atoms with Crippen LogP contribution in [0, 0.1) is 0 Å². The fraction of sp³-hybridized carbons (Fsp3) is 0.250. The summed E-state index contributed by atoms with van der Waals surface area (Å²) < 4.78 is 6.83. The SMILES string of the molecule is COC[C@H](NC(=O)c1ccc2[nH]c(=O)c(=O)[nH]c2c1)c1ccnn1C. The molecule has 2 aromatic heterocycles. The van der Waals surface area contributed by atoms with E-state index in [9.17, 15) is 14.4 Å². The molecule has 0 unspecified atom stereocenters. The number of hydrogen-bond acceptors (Lipinski definition) is 5. The van der Waals surface area contributed by atoms with Gasteiger partial charge in [0.05, 0.1) is 29.4 Å².